The number of carbonyl (C=O) groups is 2. The van der Waals surface area contributed by atoms with Crippen LogP contribution >= 0.6 is 15.9 Å². The first-order valence-corrected chi connectivity index (χ1v) is 6.84. The highest BCUT2D eigenvalue weighted by atomic mass is 79.9. The summed E-state index contributed by atoms with van der Waals surface area (Å²) in [7, 11) is 0. The lowest BCUT2D eigenvalue weighted by Gasteiger charge is -2.18. The summed E-state index contributed by atoms with van der Waals surface area (Å²) < 4.78 is 39.2. The Bertz CT molecular complexity index is 576. The smallest absolute Gasteiger partial charge is 0.394 e. The van der Waals surface area contributed by atoms with E-state index in [0.29, 0.717) is 4.47 Å². The Morgan fingerprint density at radius 1 is 1.29 bits per heavy atom. The average molecular weight is 366 g/mol. The molecule has 0 bridgehead atoms. The molecule has 2 atom stereocenters. The molecule has 0 unspecified atom stereocenters. The molecule has 1 aliphatic heterocycles. The number of carboxylic acid groups (broad SMARTS) is 1. The first-order chi connectivity index (χ1) is 9.70. The fraction of sp³-hybridized carbons (Fsp3) is 0.385. The third-order valence-corrected chi connectivity index (χ3v) is 3.91. The highest BCUT2D eigenvalue weighted by Crippen LogP contribution is 2.38. The minimum atomic E-state index is -4.64. The van der Waals surface area contributed by atoms with Crippen LogP contribution in [0.4, 0.5) is 13.2 Å². The van der Waals surface area contributed by atoms with Gasteiger partial charge in [-0.1, -0.05) is 22.0 Å². The highest BCUT2D eigenvalue weighted by molar-refractivity contribution is 9.10. The number of hydrogen-bond donors (Lipinski definition) is 1. The first kappa shape index (κ1) is 15.8. The van der Waals surface area contributed by atoms with Gasteiger partial charge < -0.3 is 10.0 Å². The normalized spacial score (nSPS) is 22.4. The summed E-state index contributed by atoms with van der Waals surface area (Å²) in [5, 5.41) is 8.92. The van der Waals surface area contributed by atoms with Crippen LogP contribution in [0.25, 0.3) is 0 Å². The quantitative estimate of drug-likeness (QED) is 0.876. The maximum atomic E-state index is 12.9. The van der Waals surface area contributed by atoms with Gasteiger partial charge in [0.1, 0.15) is 0 Å². The van der Waals surface area contributed by atoms with E-state index in [1.165, 1.54) is 12.1 Å². The van der Waals surface area contributed by atoms with Crippen LogP contribution in [0.3, 0.4) is 0 Å². The lowest BCUT2D eigenvalue weighted by atomic mass is 9.96. The van der Waals surface area contributed by atoms with Gasteiger partial charge in [0.2, 0.25) is 0 Å². The van der Waals surface area contributed by atoms with Crippen LogP contribution in [0.1, 0.15) is 10.4 Å². The Morgan fingerprint density at radius 2 is 1.95 bits per heavy atom. The van der Waals surface area contributed by atoms with Crippen molar-refractivity contribution in [1.29, 1.82) is 0 Å². The van der Waals surface area contributed by atoms with Gasteiger partial charge in [0.15, 0.2) is 0 Å². The number of rotatable bonds is 2. The van der Waals surface area contributed by atoms with Crippen molar-refractivity contribution >= 4 is 27.8 Å². The molecule has 2 rings (SSSR count). The van der Waals surface area contributed by atoms with Gasteiger partial charge in [-0.2, -0.15) is 13.2 Å². The van der Waals surface area contributed by atoms with Gasteiger partial charge in [-0.05, 0) is 18.2 Å². The molecule has 0 aromatic heterocycles. The van der Waals surface area contributed by atoms with E-state index >= 15 is 0 Å². The fourth-order valence-corrected chi connectivity index (χ4v) is 2.75. The van der Waals surface area contributed by atoms with Crippen LogP contribution < -0.4 is 0 Å². The molecule has 1 amide bonds. The zero-order chi connectivity index (χ0) is 15.8. The van der Waals surface area contributed by atoms with Crippen molar-refractivity contribution in [2.24, 2.45) is 11.8 Å². The van der Waals surface area contributed by atoms with Crippen molar-refractivity contribution in [3.05, 3.63) is 34.3 Å². The van der Waals surface area contributed by atoms with E-state index in [9.17, 15) is 22.8 Å². The number of nitrogens with zero attached hydrogens (tertiary/aromatic N) is 1. The highest BCUT2D eigenvalue weighted by Gasteiger charge is 2.53. The van der Waals surface area contributed by atoms with Crippen molar-refractivity contribution in [1.82, 2.24) is 4.90 Å². The van der Waals surface area contributed by atoms with E-state index in [0.717, 1.165) is 4.90 Å². The minimum Gasteiger partial charge on any atom is -0.481 e. The maximum Gasteiger partial charge on any atom is 0.394 e. The zero-order valence-electron chi connectivity index (χ0n) is 10.6. The molecule has 1 N–H and O–H groups in total. The van der Waals surface area contributed by atoms with Gasteiger partial charge in [-0.25, -0.2) is 0 Å². The van der Waals surface area contributed by atoms with Crippen molar-refractivity contribution in [3.8, 4) is 0 Å². The monoisotopic (exact) mass is 365 g/mol. The number of aliphatic carboxylic acids is 1. The molecular weight excluding hydrogens is 355 g/mol. The third kappa shape index (κ3) is 3.37. The molecule has 0 radical (unpaired) electrons. The summed E-state index contributed by atoms with van der Waals surface area (Å²) in [6.07, 6.45) is -4.64. The molecule has 0 spiro atoms. The van der Waals surface area contributed by atoms with Gasteiger partial charge in [-0.3, -0.25) is 9.59 Å². The van der Waals surface area contributed by atoms with E-state index in [4.69, 9.17) is 5.11 Å². The summed E-state index contributed by atoms with van der Waals surface area (Å²) in [6, 6.07) is 6.23. The Kier molecular flexibility index (Phi) is 4.27. The summed E-state index contributed by atoms with van der Waals surface area (Å²) in [5.41, 5.74) is 0.219. The second-order valence-corrected chi connectivity index (χ2v) is 5.73. The zero-order valence-corrected chi connectivity index (χ0v) is 12.2. The molecule has 21 heavy (non-hydrogen) atoms. The van der Waals surface area contributed by atoms with Crippen LogP contribution in [0.2, 0.25) is 0 Å². The average Bonchev–Trinajstić information content (AvgIpc) is 2.83. The molecule has 1 aromatic carbocycles. The van der Waals surface area contributed by atoms with Crippen LogP contribution in [-0.4, -0.2) is 41.1 Å². The van der Waals surface area contributed by atoms with E-state index in [-0.39, 0.29) is 5.56 Å². The summed E-state index contributed by atoms with van der Waals surface area (Å²) in [6.45, 7) is -1.07. The predicted octanol–water partition coefficient (Wildman–Crippen LogP) is 2.78. The van der Waals surface area contributed by atoms with Crippen LogP contribution in [-0.2, 0) is 4.79 Å². The molecule has 0 aliphatic carbocycles. The number of halogens is 4. The second-order valence-electron chi connectivity index (χ2n) is 4.81. The fourth-order valence-electron chi connectivity index (χ4n) is 2.36. The minimum absolute atomic E-state index is 0.219. The molecule has 1 aliphatic rings. The van der Waals surface area contributed by atoms with Crippen LogP contribution in [0, 0.1) is 11.8 Å². The number of hydrogen-bond acceptors (Lipinski definition) is 2. The topological polar surface area (TPSA) is 57.6 Å². The number of alkyl halides is 3. The molecule has 1 aromatic rings. The van der Waals surface area contributed by atoms with Crippen molar-refractivity contribution in [3.63, 3.8) is 0 Å². The van der Waals surface area contributed by atoms with Gasteiger partial charge in [-0.15, -0.1) is 0 Å². The molecule has 1 heterocycles. The van der Waals surface area contributed by atoms with Crippen LogP contribution in [0.5, 0.6) is 0 Å². The van der Waals surface area contributed by atoms with Crippen molar-refractivity contribution in [2.45, 2.75) is 6.18 Å². The number of likely N-dealkylation sites (tertiary alicyclic amines) is 1. The lowest BCUT2D eigenvalue weighted by Crippen LogP contribution is -2.34. The van der Waals surface area contributed by atoms with Gasteiger partial charge in [0.25, 0.3) is 5.91 Å². The molecule has 1 fully saturated rings. The van der Waals surface area contributed by atoms with E-state index < -0.39 is 43.0 Å². The number of carbonyl (C=O) groups excluding carboxylic acids is 1. The SMILES string of the molecule is O=C(O)[C@@H]1CN(C(=O)c2cccc(Br)c2)C[C@H]1C(F)(F)F. The Labute approximate surface area is 126 Å². The summed E-state index contributed by atoms with van der Waals surface area (Å²) in [4.78, 5) is 24.1. The molecular formula is C13H11BrF3NO3. The third-order valence-electron chi connectivity index (χ3n) is 3.42. The largest absolute Gasteiger partial charge is 0.481 e. The lowest BCUT2D eigenvalue weighted by molar-refractivity contribution is -0.187. The van der Waals surface area contributed by atoms with Crippen molar-refractivity contribution < 1.29 is 27.9 Å². The Morgan fingerprint density at radius 3 is 2.43 bits per heavy atom. The van der Waals surface area contributed by atoms with Gasteiger partial charge >= 0.3 is 12.1 Å². The molecule has 1 saturated heterocycles. The van der Waals surface area contributed by atoms with Crippen LogP contribution in [0.15, 0.2) is 28.7 Å². The van der Waals surface area contributed by atoms with Gasteiger partial charge in [0.05, 0.1) is 11.8 Å². The summed E-state index contributed by atoms with van der Waals surface area (Å²) >= 11 is 3.17. The number of benzene rings is 1. The van der Waals surface area contributed by atoms with Gasteiger partial charge in [0, 0.05) is 23.1 Å². The van der Waals surface area contributed by atoms with Crippen molar-refractivity contribution in [2.75, 3.05) is 13.1 Å². The summed E-state index contributed by atoms with van der Waals surface area (Å²) in [5.74, 6) is -5.80. The predicted molar refractivity (Wildman–Crippen MR) is 70.7 cm³/mol. The molecule has 4 nitrogen and oxygen atoms in total. The van der Waals surface area contributed by atoms with E-state index in [1.54, 1.807) is 12.1 Å². The Balaban J connectivity index is 2.23. The first-order valence-electron chi connectivity index (χ1n) is 6.04. The molecule has 114 valence electrons. The molecule has 0 saturated carbocycles. The van der Waals surface area contributed by atoms with E-state index in [2.05, 4.69) is 15.9 Å². The second kappa shape index (κ2) is 5.67. The maximum absolute atomic E-state index is 12.9. The standard InChI is InChI=1S/C13H11BrF3NO3/c14-8-3-1-2-7(4-8)11(19)18-5-9(12(20)21)10(6-18)13(15,16)17/h1-4,9-10H,5-6H2,(H,20,21)/t9-,10-/m1/s1. The number of amides is 1. The molecule has 8 heteroatoms. The number of carboxylic acids is 1. The van der Waals surface area contributed by atoms with E-state index in [1.807, 2.05) is 0 Å². The Hall–Kier alpha value is -1.57.